The summed E-state index contributed by atoms with van der Waals surface area (Å²) in [5.74, 6) is 1.75. The topological polar surface area (TPSA) is 34.2 Å². The fourth-order valence-corrected chi connectivity index (χ4v) is 2.73. The summed E-state index contributed by atoms with van der Waals surface area (Å²) in [6, 6.07) is 2.06. The molecule has 1 N–H and O–H groups in total. The van der Waals surface area contributed by atoms with E-state index in [1.54, 1.807) is 0 Å². The maximum absolute atomic E-state index is 6.19. The SMILES string of the molecule is CCCNCc1ccncc1OC1CCCC(C)C1. The summed E-state index contributed by atoms with van der Waals surface area (Å²) >= 11 is 0. The molecule has 0 radical (unpaired) electrons. The van der Waals surface area contributed by atoms with Gasteiger partial charge in [-0.2, -0.15) is 0 Å². The first-order chi connectivity index (χ1) is 9.29. The molecule has 2 atom stereocenters. The van der Waals surface area contributed by atoms with E-state index in [4.69, 9.17) is 4.74 Å². The summed E-state index contributed by atoms with van der Waals surface area (Å²) in [6.45, 7) is 6.42. The summed E-state index contributed by atoms with van der Waals surface area (Å²) in [5.41, 5.74) is 1.22. The fourth-order valence-electron chi connectivity index (χ4n) is 2.73. The number of ether oxygens (including phenoxy) is 1. The van der Waals surface area contributed by atoms with Crippen molar-refractivity contribution in [2.24, 2.45) is 5.92 Å². The zero-order valence-electron chi connectivity index (χ0n) is 12.2. The molecule has 19 heavy (non-hydrogen) atoms. The molecule has 2 unspecified atom stereocenters. The molecule has 3 nitrogen and oxygen atoms in total. The number of nitrogens with one attached hydrogen (secondary N) is 1. The predicted octanol–water partition coefficient (Wildman–Crippen LogP) is 3.54. The lowest BCUT2D eigenvalue weighted by Crippen LogP contribution is -2.25. The third kappa shape index (κ3) is 4.50. The van der Waals surface area contributed by atoms with Crippen molar-refractivity contribution >= 4 is 0 Å². The molecule has 0 aromatic carbocycles. The highest BCUT2D eigenvalue weighted by molar-refractivity contribution is 5.29. The Kier molecular flexibility index (Phi) is 5.64. The standard InChI is InChI=1S/C16H26N2O/c1-3-8-17-11-14-7-9-18-12-16(14)19-15-6-4-5-13(2)10-15/h7,9,12-13,15,17H,3-6,8,10-11H2,1-2H3. The molecule has 0 aliphatic heterocycles. The van der Waals surface area contributed by atoms with Crippen LogP contribution in [0.3, 0.4) is 0 Å². The van der Waals surface area contributed by atoms with E-state index in [1.165, 1.54) is 31.2 Å². The molecule has 1 fully saturated rings. The quantitative estimate of drug-likeness (QED) is 0.796. The van der Waals surface area contributed by atoms with Gasteiger partial charge in [-0.25, -0.2) is 0 Å². The van der Waals surface area contributed by atoms with E-state index < -0.39 is 0 Å². The number of rotatable bonds is 6. The molecule has 0 saturated heterocycles. The molecular weight excluding hydrogens is 236 g/mol. The summed E-state index contributed by atoms with van der Waals surface area (Å²) in [6.07, 6.45) is 10.2. The first-order valence-electron chi connectivity index (χ1n) is 7.60. The van der Waals surface area contributed by atoms with Gasteiger partial charge in [-0.05, 0) is 44.2 Å². The molecule has 0 amide bonds. The molecule has 3 heteroatoms. The molecule has 1 saturated carbocycles. The third-order valence-electron chi connectivity index (χ3n) is 3.79. The number of aromatic nitrogens is 1. The van der Waals surface area contributed by atoms with Gasteiger partial charge >= 0.3 is 0 Å². The van der Waals surface area contributed by atoms with Crippen molar-refractivity contribution in [2.45, 2.75) is 58.6 Å². The predicted molar refractivity (Wildman–Crippen MR) is 78.3 cm³/mol. The van der Waals surface area contributed by atoms with Crippen LogP contribution in [0.4, 0.5) is 0 Å². The Balaban J connectivity index is 1.94. The molecule has 1 aliphatic rings. The van der Waals surface area contributed by atoms with Gasteiger partial charge in [-0.15, -0.1) is 0 Å². The Bertz CT molecular complexity index is 381. The maximum Gasteiger partial charge on any atom is 0.142 e. The first kappa shape index (κ1) is 14.3. The van der Waals surface area contributed by atoms with E-state index in [0.29, 0.717) is 6.10 Å². The van der Waals surface area contributed by atoms with Crippen LogP contribution < -0.4 is 10.1 Å². The zero-order chi connectivity index (χ0) is 13.5. The Morgan fingerprint density at radius 1 is 1.42 bits per heavy atom. The summed E-state index contributed by atoms with van der Waals surface area (Å²) in [7, 11) is 0. The zero-order valence-corrected chi connectivity index (χ0v) is 12.2. The van der Waals surface area contributed by atoms with Gasteiger partial charge in [0.1, 0.15) is 5.75 Å². The highest BCUT2D eigenvalue weighted by atomic mass is 16.5. The van der Waals surface area contributed by atoms with Crippen LogP contribution in [-0.2, 0) is 6.54 Å². The van der Waals surface area contributed by atoms with Gasteiger partial charge < -0.3 is 10.1 Å². The van der Waals surface area contributed by atoms with Gasteiger partial charge in [0.15, 0.2) is 0 Å². The van der Waals surface area contributed by atoms with E-state index in [9.17, 15) is 0 Å². The summed E-state index contributed by atoms with van der Waals surface area (Å²) < 4.78 is 6.19. The van der Waals surface area contributed by atoms with Crippen molar-refractivity contribution in [1.82, 2.24) is 10.3 Å². The van der Waals surface area contributed by atoms with Gasteiger partial charge in [-0.3, -0.25) is 4.98 Å². The summed E-state index contributed by atoms with van der Waals surface area (Å²) in [5, 5.41) is 3.43. The molecule has 0 spiro atoms. The van der Waals surface area contributed by atoms with Crippen molar-refractivity contribution in [3.63, 3.8) is 0 Å². The van der Waals surface area contributed by atoms with Crippen molar-refractivity contribution in [2.75, 3.05) is 6.54 Å². The van der Waals surface area contributed by atoms with E-state index in [1.807, 2.05) is 12.4 Å². The lowest BCUT2D eigenvalue weighted by Gasteiger charge is -2.28. The van der Waals surface area contributed by atoms with Gasteiger partial charge in [0, 0.05) is 18.3 Å². The highest BCUT2D eigenvalue weighted by Gasteiger charge is 2.21. The number of hydrogen-bond donors (Lipinski definition) is 1. The second-order valence-corrected chi connectivity index (χ2v) is 5.67. The monoisotopic (exact) mass is 262 g/mol. The van der Waals surface area contributed by atoms with Crippen LogP contribution in [0.25, 0.3) is 0 Å². The van der Waals surface area contributed by atoms with Gasteiger partial charge in [0.05, 0.1) is 12.3 Å². The van der Waals surface area contributed by atoms with E-state index in [2.05, 4.69) is 30.2 Å². The van der Waals surface area contributed by atoms with Crippen LogP contribution >= 0.6 is 0 Å². The Morgan fingerprint density at radius 3 is 3.11 bits per heavy atom. The largest absolute Gasteiger partial charge is 0.488 e. The molecule has 1 aromatic heterocycles. The molecule has 2 rings (SSSR count). The van der Waals surface area contributed by atoms with Crippen molar-refractivity contribution in [3.05, 3.63) is 24.0 Å². The Labute approximate surface area is 116 Å². The molecule has 106 valence electrons. The van der Waals surface area contributed by atoms with Gasteiger partial charge in [0.25, 0.3) is 0 Å². The maximum atomic E-state index is 6.19. The van der Waals surface area contributed by atoms with E-state index in [-0.39, 0.29) is 0 Å². The average Bonchev–Trinajstić information content (AvgIpc) is 2.41. The van der Waals surface area contributed by atoms with Crippen molar-refractivity contribution in [1.29, 1.82) is 0 Å². The average molecular weight is 262 g/mol. The van der Waals surface area contributed by atoms with Crippen LogP contribution in [0.15, 0.2) is 18.5 Å². The van der Waals surface area contributed by atoms with E-state index in [0.717, 1.165) is 31.2 Å². The molecule has 0 bridgehead atoms. The molecule has 1 aliphatic carbocycles. The first-order valence-corrected chi connectivity index (χ1v) is 7.60. The molecular formula is C16H26N2O. The smallest absolute Gasteiger partial charge is 0.142 e. The molecule has 1 aromatic rings. The lowest BCUT2D eigenvalue weighted by molar-refractivity contribution is 0.127. The fraction of sp³-hybridized carbons (Fsp3) is 0.688. The lowest BCUT2D eigenvalue weighted by atomic mass is 9.89. The minimum Gasteiger partial charge on any atom is -0.488 e. The summed E-state index contributed by atoms with van der Waals surface area (Å²) in [4.78, 5) is 4.21. The van der Waals surface area contributed by atoms with Crippen LogP contribution in [0, 0.1) is 5.92 Å². The molecule has 1 heterocycles. The second kappa shape index (κ2) is 7.49. The van der Waals surface area contributed by atoms with Crippen LogP contribution in [-0.4, -0.2) is 17.6 Å². The van der Waals surface area contributed by atoms with Crippen LogP contribution in [0.1, 0.15) is 51.5 Å². The Hall–Kier alpha value is -1.09. The minimum atomic E-state index is 0.373. The van der Waals surface area contributed by atoms with Crippen molar-refractivity contribution in [3.8, 4) is 5.75 Å². The van der Waals surface area contributed by atoms with E-state index >= 15 is 0 Å². The third-order valence-corrected chi connectivity index (χ3v) is 3.79. The normalized spacial score (nSPS) is 23.3. The number of pyridine rings is 1. The minimum absolute atomic E-state index is 0.373. The highest BCUT2D eigenvalue weighted by Crippen LogP contribution is 2.28. The van der Waals surface area contributed by atoms with Crippen LogP contribution in [0.5, 0.6) is 5.75 Å². The van der Waals surface area contributed by atoms with Crippen molar-refractivity contribution < 1.29 is 4.74 Å². The number of nitrogens with zero attached hydrogens (tertiary/aromatic N) is 1. The van der Waals surface area contributed by atoms with Gasteiger partial charge in [-0.1, -0.05) is 20.3 Å². The Morgan fingerprint density at radius 2 is 2.32 bits per heavy atom. The van der Waals surface area contributed by atoms with Gasteiger partial charge in [0.2, 0.25) is 0 Å². The second-order valence-electron chi connectivity index (χ2n) is 5.67. The number of hydrogen-bond acceptors (Lipinski definition) is 3. The van der Waals surface area contributed by atoms with Crippen LogP contribution in [0.2, 0.25) is 0 Å².